The van der Waals surface area contributed by atoms with Crippen LogP contribution in [0.5, 0.6) is 11.5 Å². The zero-order valence-electron chi connectivity index (χ0n) is 16.2. The van der Waals surface area contributed by atoms with Gasteiger partial charge in [0.1, 0.15) is 17.6 Å². The molecule has 0 aliphatic carbocycles. The summed E-state index contributed by atoms with van der Waals surface area (Å²) in [5, 5.41) is 19.4. The molecule has 1 aliphatic heterocycles. The summed E-state index contributed by atoms with van der Waals surface area (Å²) in [4.78, 5) is 19.6. The van der Waals surface area contributed by atoms with Crippen LogP contribution >= 0.6 is 0 Å². The molecule has 0 spiro atoms. The molecular formula is C19H25F3N2O6. The predicted octanol–water partition coefficient (Wildman–Crippen LogP) is 3.37. The second-order valence-electron chi connectivity index (χ2n) is 6.48. The summed E-state index contributed by atoms with van der Waals surface area (Å²) in [6.07, 6.45) is 2.05. The number of rotatable bonds is 9. The number of hydrazone groups is 1. The highest BCUT2D eigenvalue weighted by Gasteiger charge is 2.38. The topological polar surface area (TPSA) is 131 Å². The van der Waals surface area contributed by atoms with Crippen LogP contribution in [0.3, 0.4) is 0 Å². The van der Waals surface area contributed by atoms with Gasteiger partial charge in [-0.3, -0.25) is 4.79 Å². The second kappa shape index (κ2) is 12.6. The third-order valence-electron chi connectivity index (χ3n) is 4.06. The Kier molecular flexibility index (Phi) is 10.5. The average molecular weight is 434 g/mol. The predicted molar refractivity (Wildman–Crippen MR) is 102 cm³/mol. The number of benzene rings is 1. The average Bonchev–Trinajstić information content (AvgIpc) is 2.66. The molecule has 1 unspecified atom stereocenters. The van der Waals surface area contributed by atoms with Crippen molar-refractivity contribution < 1.29 is 42.4 Å². The molecule has 1 aliphatic rings. The largest absolute Gasteiger partial charge is 0.494 e. The van der Waals surface area contributed by atoms with E-state index in [2.05, 4.69) is 5.10 Å². The number of halogens is 3. The number of alkyl halides is 3. The van der Waals surface area contributed by atoms with E-state index in [4.69, 9.17) is 30.3 Å². The molecule has 168 valence electrons. The normalized spacial score (nSPS) is 15.5. The summed E-state index contributed by atoms with van der Waals surface area (Å²) in [6, 6.07) is 5.74. The number of carboxylic acids is 2. The number of fused-ring (bicyclic) bond motifs is 1. The molecule has 8 nitrogen and oxygen atoms in total. The molecule has 2 rings (SSSR count). The van der Waals surface area contributed by atoms with E-state index >= 15 is 0 Å². The zero-order chi connectivity index (χ0) is 22.6. The highest BCUT2D eigenvalue weighted by atomic mass is 19.4. The molecule has 4 N–H and O–H groups in total. The molecule has 11 heteroatoms. The van der Waals surface area contributed by atoms with Gasteiger partial charge in [0.05, 0.1) is 13.0 Å². The van der Waals surface area contributed by atoms with Gasteiger partial charge in [0.25, 0.3) is 0 Å². The number of nitrogens with zero attached hydrogens (tertiary/aromatic N) is 1. The lowest BCUT2D eigenvalue weighted by Crippen LogP contribution is -2.25. The summed E-state index contributed by atoms with van der Waals surface area (Å²) in [5.41, 5.74) is 1.09. The van der Waals surface area contributed by atoms with Gasteiger partial charge in [-0.05, 0) is 62.3 Å². The van der Waals surface area contributed by atoms with E-state index in [1.165, 1.54) is 0 Å². The molecule has 0 radical (unpaired) electrons. The maximum atomic E-state index is 10.7. The Morgan fingerprint density at radius 2 is 1.97 bits per heavy atom. The molecular weight excluding hydrogens is 409 g/mol. The first-order valence-corrected chi connectivity index (χ1v) is 9.29. The molecule has 0 bridgehead atoms. The van der Waals surface area contributed by atoms with E-state index < -0.39 is 18.1 Å². The van der Waals surface area contributed by atoms with Crippen LogP contribution in [0.1, 0.15) is 44.1 Å². The fourth-order valence-electron chi connectivity index (χ4n) is 2.63. The van der Waals surface area contributed by atoms with Crippen LogP contribution in [0.25, 0.3) is 0 Å². The zero-order valence-corrected chi connectivity index (χ0v) is 16.2. The number of ether oxygens (including phenoxy) is 2. The van der Waals surface area contributed by atoms with E-state index in [1.54, 1.807) is 6.21 Å². The molecule has 0 fully saturated rings. The van der Waals surface area contributed by atoms with Gasteiger partial charge in [-0.1, -0.05) is 0 Å². The van der Waals surface area contributed by atoms with Crippen LogP contribution in [0.4, 0.5) is 13.2 Å². The third-order valence-corrected chi connectivity index (χ3v) is 4.06. The second-order valence-corrected chi connectivity index (χ2v) is 6.48. The number of carbonyl (C=O) groups is 2. The lowest BCUT2D eigenvalue weighted by atomic mass is 10.0. The summed E-state index contributed by atoms with van der Waals surface area (Å²) in [7, 11) is 0. The highest BCUT2D eigenvalue weighted by Crippen LogP contribution is 2.31. The fraction of sp³-hybridized carbons (Fsp3) is 0.526. The van der Waals surface area contributed by atoms with Crippen LogP contribution in [-0.2, 0) is 16.0 Å². The first kappa shape index (κ1) is 25.1. The Morgan fingerprint density at radius 3 is 2.57 bits per heavy atom. The van der Waals surface area contributed by atoms with Crippen molar-refractivity contribution in [3.05, 3.63) is 23.8 Å². The summed E-state index contributed by atoms with van der Waals surface area (Å²) >= 11 is 0. The molecule has 0 saturated carbocycles. The van der Waals surface area contributed by atoms with Crippen molar-refractivity contribution in [2.75, 3.05) is 6.61 Å². The Balaban J connectivity index is 0.000000553. The van der Waals surface area contributed by atoms with Crippen molar-refractivity contribution in [1.82, 2.24) is 0 Å². The lowest BCUT2D eigenvalue weighted by molar-refractivity contribution is -0.192. The number of nitrogens with two attached hydrogens (primary N) is 1. The van der Waals surface area contributed by atoms with Gasteiger partial charge in [-0.2, -0.15) is 18.3 Å². The van der Waals surface area contributed by atoms with Crippen molar-refractivity contribution in [3.63, 3.8) is 0 Å². The van der Waals surface area contributed by atoms with Gasteiger partial charge in [-0.15, -0.1) is 0 Å². The van der Waals surface area contributed by atoms with Crippen molar-refractivity contribution in [2.24, 2.45) is 10.9 Å². The Morgan fingerprint density at radius 1 is 1.27 bits per heavy atom. The molecule has 1 aromatic carbocycles. The quantitative estimate of drug-likeness (QED) is 0.235. The van der Waals surface area contributed by atoms with Crippen LogP contribution < -0.4 is 15.3 Å². The number of hydrogen-bond donors (Lipinski definition) is 3. The maximum absolute atomic E-state index is 10.7. The molecule has 30 heavy (non-hydrogen) atoms. The standard InChI is InChI=1S/C17H24N2O4.C2HF3O2/c18-19-9-3-1-2-4-10-22-14-7-8-16-13(11-14)5-6-15(23-16)12-17(20)21;3-2(4,5)1(6)7/h7-9,11,15H,1-6,10,12,18H2,(H,20,21);(H,6,7). The summed E-state index contributed by atoms with van der Waals surface area (Å²) in [5.74, 6) is 3.07. The van der Waals surface area contributed by atoms with E-state index in [0.29, 0.717) is 6.61 Å². The fourth-order valence-corrected chi connectivity index (χ4v) is 2.63. The Hall–Kier alpha value is -2.98. The number of hydrogen-bond acceptors (Lipinski definition) is 6. The van der Waals surface area contributed by atoms with Gasteiger partial charge in [0, 0.05) is 6.21 Å². The van der Waals surface area contributed by atoms with E-state index in [9.17, 15) is 18.0 Å². The first-order chi connectivity index (χ1) is 14.1. The number of aryl methyl sites for hydroxylation is 1. The van der Waals surface area contributed by atoms with E-state index in [-0.39, 0.29) is 12.5 Å². The van der Waals surface area contributed by atoms with E-state index in [0.717, 1.165) is 55.6 Å². The summed E-state index contributed by atoms with van der Waals surface area (Å²) in [6.45, 7) is 0.682. The van der Waals surface area contributed by atoms with Crippen molar-refractivity contribution in [2.45, 2.75) is 57.2 Å². The van der Waals surface area contributed by atoms with Crippen molar-refractivity contribution in [1.29, 1.82) is 0 Å². The Labute approximate surface area is 171 Å². The van der Waals surface area contributed by atoms with Gasteiger partial charge in [0.15, 0.2) is 0 Å². The third kappa shape index (κ3) is 9.99. The van der Waals surface area contributed by atoms with Crippen molar-refractivity contribution >= 4 is 18.2 Å². The van der Waals surface area contributed by atoms with Gasteiger partial charge in [0.2, 0.25) is 0 Å². The van der Waals surface area contributed by atoms with Crippen LogP contribution in [0, 0.1) is 0 Å². The molecule has 0 amide bonds. The lowest BCUT2D eigenvalue weighted by Gasteiger charge is -2.25. The van der Waals surface area contributed by atoms with Gasteiger partial charge in [-0.25, -0.2) is 4.79 Å². The monoisotopic (exact) mass is 434 g/mol. The van der Waals surface area contributed by atoms with Crippen LogP contribution in [-0.4, -0.2) is 47.3 Å². The molecule has 0 aromatic heterocycles. The first-order valence-electron chi connectivity index (χ1n) is 9.29. The number of aliphatic carboxylic acids is 2. The molecule has 0 saturated heterocycles. The van der Waals surface area contributed by atoms with E-state index in [1.807, 2.05) is 18.2 Å². The highest BCUT2D eigenvalue weighted by molar-refractivity contribution is 5.73. The minimum absolute atomic E-state index is 0.0482. The number of unbranched alkanes of at least 4 members (excludes halogenated alkanes) is 3. The maximum Gasteiger partial charge on any atom is 0.490 e. The minimum Gasteiger partial charge on any atom is -0.494 e. The minimum atomic E-state index is -5.08. The SMILES string of the molecule is NN=CCCCCCOc1ccc2c(c1)CCC(CC(=O)O)O2.O=C(O)C(F)(F)F. The molecule has 1 atom stereocenters. The molecule has 1 aromatic rings. The summed E-state index contributed by atoms with van der Waals surface area (Å²) < 4.78 is 43.2. The van der Waals surface area contributed by atoms with Gasteiger partial charge >= 0.3 is 18.1 Å². The number of carboxylic acid groups (broad SMARTS) is 2. The Bertz CT molecular complexity index is 725. The van der Waals surface area contributed by atoms with Crippen LogP contribution in [0.15, 0.2) is 23.3 Å². The smallest absolute Gasteiger partial charge is 0.490 e. The van der Waals surface area contributed by atoms with Crippen molar-refractivity contribution in [3.8, 4) is 11.5 Å². The van der Waals surface area contributed by atoms with Crippen LogP contribution in [0.2, 0.25) is 0 Å². The van der Waals surface area contributed by atoms with Gasteiger partial charge < -0.3 is 25.5 Å². The molecule has 1 heterocycles.